The quantitative estimate of drug-likeness (QED) is 0.455. The number of aryl methyl sites for hydroxylation is 1. The van der Waals surface area contributed by atoms with E-state index in [0.29, 0.717) is 18.4 Å². The fraction of sp³-hybridized carbons (Fsp3) is 0.714. The van der Waals surface area contributed by atoms with Crippen molar-refractivity contribution >= 4 is 29.9 Å². The second-order valence-corrected chi connectivity index (χ2v) is 6.32. The number of aliphatic imine (C=N–C) groups is 1. The summed E-state index contributed by atoms with van der Waals surface area (Å²) >= 11 is 0. The van der Waals surface area contributed by atoms with Crippen LogP contribution in [0.3, 0.4) is 0 Å². The van der Waals surface area contributed by atoms with Crippen LogP contribution in [0.15, 0.2) is 17.3 Å². The van der Waals surface area contributed by atoms with Gasteiger partial charge in [-0.3, -0.25) is 9.67 Å². The van der Waals surface area contributed by atoms with E-state index in [1.165, 1.54) is 0 Å². The molecule has 0 bridgehead atoms. The zero-order valence-electron chi connectivity index (χ0n) is 13.2. The lowest BCUT2D eigenvalue weighted by molar-refractivity contribution is 0.0859. The monoisotopic (exact) mass is 407 g/mol. The Bertz CT molecular complexity index is 480. The number of nitrogens with zero attached hydrogens (tertiary/aromatic N) is 3. The van der Waals surface area contributed by atoms with Crippen molar-refractivity contribution in [2.45, 2.75) is 38.8 Å². The standard InChI is InChI=1S/C14H25N5O.HI/c1-14(2,3)18-13(15)16-9-10-6-8-20-12(10)11-5-7-17-19(11)4;/h5,7,10,12H,6,8-9H2,1-4H3,(H3,15,16,18);1H/t10-,12+;/m0./s1. The molecule has 2 rings (SSSR count). The van der Waals surface area contributed by atoms with Crippen molar-refractivity contribution in [2.24, 2.45) is 23.7 Å². The molecule has 2 atom stereocenters. The molecule has 1 fully saturated rings. The van der Waals surface area contributed by atoms with Crippen molar-refractivity contribution in [3.63, 3.8) is 0 Å². The minimum Gasteiger partial charge on any atom is -0.372 e. The van der Waals surface area contributed by atoms with Crippen molar-refractivity contribution in [3.8, 4) is 0 Å². The molecule has 0 aliphatic carbocycles. The highest BCUT2D eigenvalue weighted by Crippen LogP contribution is 2.34. The molecule has 2 heterocycles. The van der Waals surface area contributed by atoms with E-state index in [9.17, 15) is 0 Å². The molecule has 7 heteroatoms. The van der Waals surface area contributed by atoms with Gasteiger partial charge < -0.3 is 15.8 Å². The fourth-order valence-corrected chi connectivity index (χ4v) is 2.45. The summed E-state index contributed by atoms with van der Waals surface area (Å²) in [6.45, 7) is 7.62. The Kier molecular flexibility index (Phi) is 6.45. The SMILES string of the molecule is Cn1nccc1[C@@H]1OCC[C@H]1CN=C(N)NC(C)(C)C.I. The normalized spacial score (nSPS) is 23.0. The number of rotatable bonds is 3. The summed E-state index contributed by atoms with van der Waals surface area (Å²) in [7, 11) is 1.94. The van der Waals surface area contributed by atoms with Crippen LogP contribution >= 0.6 is 24.0 Å². The number of nitrogens with two attached hydrogens (primary N) is 1. The first-order chi connectivity index (χ1) is 9.37. The zero-order valence-corrected chi connectivity index (χ0v) is 15.5. The third kappa shape index (κ3) is 5.14. The van der Waals surface area contributed by atoms with Crippen LogP contribution in [-0.4, -0.2) is 34.4 Å². The van der Waals surface area contributed by atoms with Crippen LogP contribution in [0.2, 0.25) is 0 Å². The number of ether oxygens (including phenoxy) is 1. The molecule has 0 saturated carbocycles. The maximum Gasteiger partial charge on any atom is 0.188 e. The van der Waals surface area contributed by atoms with Crippen molar-refractivity contribution < 1.29 is 4.74 Å². The highest BCUT2D eigenvalue weighted by Gasteiger charge is 2.31. The number of guanidine groups is 1. The van der Waals surface area contributed by atoms with E-state index in [1.807, 2.05) is 17.8 Å². The van der Waals surface area contributed by atoms with Gasteiger partial charge in [0.15, 0.2) is 5.96 Å². The third-order valence-electron chi connectivity index (χ3n) is 3.36. The van der Waals surface area contributed by atoms with Gasteiger partial charge in [0.05, 0.1) is 5.69 Å². The third-order valence-corrected chi connectivity index (χ3v) is 3.36. The second kappa shape index (κ2) is 7.44. The molecule has 1 saturated heterocycles. The number of hydrogen-bond donors (Lipinski definition) is 2. The number of halogens is 1. The van der Waals surface area contributed by atoms with Gasteiger partial charge in [-0.1, -0.05) is 0 Å². The molecule has 0 spiro atoms. The molecule has 0 amide bonds. The van der Waals surface area contributed by atoms with Gasteiger partial charge in [0.2, 0.25) is 0 Å². The topological polar surface area (TPSA) is 77.5 Å². The van der Waals surface area contributed by atoms with Gasteiger partial charge in [0.25, 0.3) is 0 Å². The first kappa shape index (κ1) is 18.2. The summed E-state index contributed by atoms with van der Waals surface area (Å²) in [5, 5.41) is 7.38. The molecule has 120 valence electrons. The summed E-state index contributed by atoms with van der Waals surface area (Å²) < 4.78 is 7.70. The van der Waals surface area contributed by atoms with Crippen molar-refractivity contribution in [1.29, 1.82) is 0 Å². The molecule has 3 N–H and O–H groups in total. The molecule has 1 aliphatic rings. The Hall–Kier alpha value is -0.830. The molecule has 1 aromatic rings. The number of hydrogen-bond acceptors (Lipinski definition) is 3. The molecule has 0 aromatic carbocycles. The Morgan fingerprint density at radius 2 is 2.29 bits per heavy atom. The minimum absolute atomic E-state index is 0. The summed E-state index contributed by atoms with van der Waals surface area (Å²) in [5.41, 5.74) is 6.95. The van der Waals surface area contributed by atoms with Crippen LogP contribution in [-0.2, 0) is 11.8 Å². The minimum atomic E-state index is -0.0683. The predicted molar refractivity (Wildman–Crippen MR) is 94.8 cm³/mol. The van der Waals surface area contributed by atoms with E-state index >= 15 is 0 Å². The summed E-state index contributed by atoms with van der Waals surface area (Å²) in [6, 6.07) is 2.00. The van der Waals surface area contributed by atoms with Crippen molar-refractivity contribution in [3.05, 3.63) is 18.0 Å². The number of nitrogens with one attached hydrogen (secondary N) is 1. The highest BCUT2D eigenvalue weighted by molar-refractivity contribution is 14.0. The van der Waals surface area contributed by atoms with Gasteiger partial charge in [0.1, 0.15) is 6.10 Å². The average Bonchev–Trinajstić information content (AvgIpc) is 2.92. The second-order valence-electron chi connectivity index (χ2n) is 6.32. The summed E-state index contributed by atoms with van der Waals surface area (Å²) in [6.07, 6.45) is 2.86. The molecule has 1 aliphatic heterocycles. The molecule has 6 nitrogen and oxygen atoms in total. The maximum atomic E-state index is 5.91. The summed E-state index contributed by atoms with van der Waals surface area (Å²) in [5.74, 6) is 0.846. The van der Waals surface area contributed by atoms with Gasteiger partial charge in [-0.25, -0.2) is 0 Å². The lowest BCUT2D eigenvalue weighted by Crippen LogP contribution is -2.45. The van der Waals surface area contributed by atoms with E-state index < -0.39 is 0 Å². The predicted octanol–water partition coefficient (Wildman–Crippen LogP) is 1.82. The Balaban J connectivity index is 0.00000220. The van der Waals surface area contributed by atoms with Crippen LogP contribution in [0.5, 0.6) is 0 Å². The summed E-state index contributed by atoms with van der Waals surface area (Å²) in [4.78, 5) is 4.45. The molecular formula is C14H26IN5O. The molecular weight excluding hydrogens is 381 g/mol. The maximum absolute atomic E-state index is 5.91. The Morgan fingerprint density at radius 1 is 1.57 bits per heavy atom. The van der Waals surface area contributed by atoms with Crippen LogP contribution in [0.1, 0.15) is 39.0 Å². The van der Waals surface area contributed by atoms with Crippen molar-refractivity contribution in [1.82, 2.24) is 15.1 Å². The van der Waals surface area contributed by atoms with E-state index in [-0.39, 0.29) is 35.6 Å². The molecule has 0 unspecified atom stereocenters. The van der Waals surface area contributed by atoms with E-state index in [0.717, 1.165) is 18.7 Å². The lowest BCUT2D eigenvalue weighted by atomic mass is 9.99. The van der Waals surface area contributed by atoms with E-state index in [4.69, 9.17) is 10.5 Å². The Labute approximate surface area is 143 Å². The Morgan fingerprint density at radius 3 is 2.86 bits per heavy atom. The van der Waals surface area contributed by atoms with Crippen LogP contribution in [0, 0.1) is 5.92 Å². The van der Waals surface area contributed by atoms with Gasteiger partial charge in [-0.2, -0.15) is 5.10 Å². The van der Waals surface area contributed by atoms with Crippen LogP contribution in [0.4, 0.5) is 0 Å². The van der Waals surface area contributed by atoms with E-state index in [2.05, 4.69) is 36.2 Å². The first-order valence-electron chi connectivity index (χ1n) is 7.04. The molecule has 1 aromatic heterocycles. The van der Waals surface area contributed by atoms with Gasteiger partial charge >= 0.3 is 0 Å². The largest absolute Gasteiger partial charge is 0.372 e. The zero-order chi connectivity index (χ0) is 14.8. The molecule has 21 heavy (non-hydrogen) atoms. The van der Waals surface area contributed by atoms with Crippen LogP contribution in [0.25, 0.3) is 0 Å². The average molecular weight is 407 g/mol. The number of aromatic nitrogens is 2. The molecule has 0 radical (unpaired) electrons. The fourth-order valence-electron chi connectivity index (χ4n) is 2.45. The smallest absolute Gasteiger partial charge is 0.188 e. The van der Waals surface area contributed by atoms with Gasteiger partial charge in [-0.15, -0.1) is 24.0 Å². The lowest BCUT2D eigenvalue weighted by Gasteiger charge is -2.22. The van der Waals surface area contributed by atoms with E-state index in [1.54, 1.807) is 6.20 Å². The first-order valence-corrected chi connectivity index (χ1v) is 7.04. The van der Waals surface area contributed by atoms with Crippen molar-refractivity contribution in [2.75, 3.05) is 13.2 Å². The van der Waals surface area contributed by atoms with Crippen LogP contribution < -0.4 is 11.1 Å². The highest BCUT2D eigenvalue weighted by atomic mass is 127. The van der Waals surface area contributed by atoms with Gasteiger partial charge in [-0.05, 0) is 33.3 Å². The van der Waals surface area contributed by atoms with Gasteiger partial charge in [0, 0.05) is 37.9 Å².